The van der Waals surface area contributed by atoms with Crippen LogP contribution in [-0.2, 0) is 4.74 Å². The maximum atomic E-state index is 12.4. The number of carbonyl (C=O) groups is 1. The van der Waals surface area contributed by atoms with Gasteiger partial charge >= 0.3 is 174 Å². The van der Waals surface area contributed by atoms with Crippen molar-refractivity contribution in [3.05, 3.63) is 12.1 Å². The zero-order valence-electron chi connectivity index (χ0n) is 18.3. The van der Waals surface area contributed by atoms with E-state index in [1.165, 1.54) is 6.07 Å². The summed E-state index contributed by atoms with van der Waals surface area (Å²) < 4.78 is 16.7. The van der Waals surface area contributed by atoms with Gasteiger partial charge in [0.2, 0.25) is 0 Å². The van der Waals surface area contributed by atoms with Gasteiger partial charge in [0.25, 0.3) is 0 Å². The van der Waals surface area contributed by atoms with Gasteiger partial charge in [-0.15, -0.1) is 0 Å². The van der Waals surface area contributed by atoms with Crippen molar-refractivity contribution in [2.75, 3.05) is 6.35 Å². The molecule has 0 spiro atoms. The van der Waals surface area contributed by atoms with Crippen LogP contribution in [0.25, 0.3) is 0 Å². The Balaban J connectivity index is 1.75. The number of carbonyl (C=O) groups excluding carboxylic acids is 1. The van der Waals surface area contributed by atoms with E-state index in [4.69, 9.17) is 14.2 Å². The molecule has 2 aliphatic rings. The Kier molecular flexibility index (Phi) is 6.08. The summed E-state index contributed by atoms with van der Waals surface area (Å²) in [6, 6.07) is 2.92. The predicted octanol–water partition coefficient (Wildman–Crippen LogP) is 4.80. The summed E-state index contributed by atoms with van der Waals surface area (Å²) in [6.45, 7) is 12.3. The third-order valence-electron chi connectivity index (χ3n) is 6.56. The number of phenolic OH excluding ortho intramolecular Hbond substituents is 1. The molecule has 164 valence electrons. The number of benzene rings is 1. The molecule has 29 heavy (non-hydrogen) atoms. The molecule has 0 amide bonds. The fraction of sp³-hybridized carbons (Fsp3) is 0.682. The van der Waals surface area contributed by atoms with Crippen molar-refractivity contribution in [3.63, 3.8) is 0 Å². The molecule has 0 radical (unpaired) electrons. The van der Waals surface area contributed by atoms with Gasteiger partial charge in [0, 0.05) is 0 Å². The van der Waals surface area contributed by atoms with Gasteiger partial charge in [0.1, 0.15) is 0 Å². The Morgan fingerprint density at radius 2 is 1.97 bits per heavy atom. The maximum absolute atomic E-state index is 12.4. The minimum atomic E-state index is -3.02. The van der Waals surface area contributed by atoms with Crippen LogP contribution in [0.1, 0.15) is 60.8 Å². The van der Waals surface area contributed by atoms with Crippen molar-refractivity contribution in [1.82, 2.24) is 0 Å². The van der Waals surface area contributed by atoms with E-state index in [0.717, 1.165) is 19.3 Å². The van der Waals surface area contributed by atoms with E-state index in [9.17, 15) is 14.8 Å². The number of rotatable bonds is 3. The van der Waals surface area contributed by atoms with Gasteiger partial charge in [-0.1, -0.05) is 0 Å². The Hall–Kier alpha value is -1.52. The van der Waals surface area contributed by atoms with Crippen LogP contribution in [0.15, 0.2) is 12.1 Å². The van der Waals surface area contributed by atoms with E-state index in [0.29, 0.717) is 28.8 Å². The van der Waals surface area contributed by atoms with Gasteiger partial charge in [-0.05, 0) is 0 Å². The summed E-state index contributed by atoms with van der Waals surface area (Å²) in [4.78, 5) is 23.6. The number of fused-ring (bicyclic) bond motifs is 1. The van der Waals surface area contributed by atoms with Crippen LogP contribution in [0.4, 0.5) is 4.79 Å². The number of hydrogen-bond acceptors (Lipinski definition) is 6. The normalized spacial score (nSPS) is 27.1. The summed E-state index contributed by atoms with van der Waals surface area (Å²) in [5, 5.41) is 10.6. The molecule has 0 bridgehead atoms. The van der Waals surface area contributed by atoms with Crippen LogP contribution < -0.4 is 14.8 Å². The monoisotopic (exact) mass is 426 g/mol. The number of ether oxygens (including phenoxy) is 3. The molecule has 1 fully saturated rings. The summed E-state index contributed by atoms with van der Waals surface area (Å²) in [5.74, 6) is 1.70. The Labute approximate surface area is 174 Å². The van der Waals surface area contributed by atoms with Crippen molar-refractivity contribution >= 4 is 18.9 Å². The van der Waals surface area contributed by atoms with E-state index in [1.54, 1.807) is 6.07 Å². The topological polar surface area (TPSA) is 85.2 Å². The third-order valence-corrected chi connectivity index (χ3v) is 10.9. The van der Waals surface area contributed by atoms with Gasteiger partial charge in [-0.3, -0.25) is 0 Å². The molecule has 1 heterocycles. The summed E-state index contributed by atoms with van der Waals surface area (Å²) in [6.07, 6.45) is 2.26. The average molecular weight is 426 g/mol. The van der Waals surface area contributed by atoms with Crippen LogP contribution in [0.5, 0.6) is 17.2 Å². The van der Waals surface area contributed by atoms with Gasteiger partial charge in [-0.2, -0.15) is 0 Å². The average Bonchev–Trinajstić information content (AvgIpc) is 2.93. The van der Waals surface area contributed by atoms with Crippen LogP contribution in [0.3, 0.4) is 0 Å². The first-order valence-electron chi connectivity index (χ1n) is 10.5. The van der Waals surface area contributed by atoms with Crippen molar-refractivity contribution in [2.24, 2.45) is 17.8 Å². The molecule has 1 aromatic rings. The second kappa shape index (κ2) is 7.96. The van der Waals surface area contributed by atoms with Crippen molar-refractivity contribution < 1.29 is 29.0 Å². The summed E-state index contributed by atoms with van der Waals surface area (Å²) >= 11 is 0. The van der Waals surface area contributed by atoms with Crippen LogP contribution >= 0.6 is 7.49 Å². The zero-order valence-corrected chi connectivity index (χ0v) is 19.3. The second-order valence-electron chi connectivity index (χ2n) is 10.0. The van der Waals surface area contributed by atoms with Gasteiger partial charge in [0.05, 0.1) is 0 Å². The first-order chi connectivity index (χ1) is 13.4. The number of hydrogen-bond donors (Lipinski definition) is 2. The van der Waals surface area contributed by atoms with Crippen molar-refractivity contribution in [3.8, 4) is 17.2 Å². The van der Waals surface area contributed by atoms with Crippen molar-refractivity contribution in [1.29, 1.82) is 0 Å². The van der Waals surface area contributed by atoms with Crippen LogP contribution in [0, 0.1) is 17.8 Å². The zero-order chi connectivity index (χ0) is 21.6. The standard InChI is InChI=1S/C22H35O6P/c1-13(2)16-8-7-14(3)9-18(16)28-21(24)27-15-10-17(23)20-19(11-15)26-12-29(20,25)22(4,5)6/h10-11,13-14,16,18,23,25,29H,7-9,12H2,1-6H3/t14-,16+,18-/m0/s1. The quantitative estimate of drug-likeness (QED) is 0.410. The van der Waals surface area contributed by atoms with Crippen LogP contribution in [-0.4, -0.2) is 33.8 Å². The molecule has 1 aliphatic carbocycles. The molecule has 7 heteroatoms. The molecule has 0 unspecified atom stereocenters. The van der Waals surface area contributed by atoms with E-state index in [-0.39, 0.29) is 24.0 Å². The van der Waals surface area contributed by atoms with E-state index < -0.39 is 18.8 Å². The Morgan fingerprint density at radius 1 is 1.28 bits per heavy atom. The molecule has 3 atom stereocenters. The van der Waals surface area contributed by atoms with E-state index in [1.807, 2.05) is 20.8 Å². The summed E-state index contributed by atoms with van der Waals surface area (Å²) in [7, 11) is -3.02. The Morgan fingerprint density at radius 3 is 2.59 bits per heavy atom. The van der Waals surface area contributed by atoms with E-state index >= 15 is 0 Å². The third kappa shape index (κ3) is 4.34. The Bertz CT molecular complexity index is 771. The molecule has 1 saturated carbocycles. The van der Waals surface area contributed by atoms with Crippen LogP contribution in [0.2, 0.25) is 0 Å². The fourth-order valence-electron chi connectivity index (χ4n) is 4.50. The van der Waals surface area contributed by atoms with Gasteiger partial charge < -0.3 is 0 Å². The molecule has 1 aromatic carbocycles. The molecular formula is C22H35O6P. The molecule has 0 saturated heterocycles. The first kappa shape index (κ1) is 22.2. The SMILES string of the molecule is CC(C)[C@H]1CC[C@H](C)C[C@@H]1OC(=O)Oc1cc(O)c2c(c1)OC[PH]2(O)C(C)(C)C. The minimum absolute atomic E-state index is 0.0989. The summed E-state index contributed by atoms with van der Waals surface area (Å²) in [5.41, 5.74) is 0. The molecule has 2 N–H and O–H groups in total. The number of phenols is 1. The molecule has 3 rings (SSSR count). The van der Waals surface area contributed by atoms with E-state index in [2.05, 4.69) is 20.8 Å². The van der Waals surface area contributed by atoms with Gasteiger partial charge in [0.15, 0.2) is 0 Å². The second-order valence-corrected chi connectivity index (χ2v) is 14.1. The molecular weight excluding hydrogens is 391 g/mol. The number of aromatic hydroxyl groups is 1. The molecule has 0 aromatic heterocycles. The van der Waals surface area contributed by atoms with Crippen molar-refractivity contribution in [2.45, 2.75) is 72.1 Å². The molecule has 1 aliphatic heterocycles. The van der Waals surface area contributed by atoms with Gasteiger partial charge in [-0.25, -0.2) is 0 Å². The molecule has 6 nitrogen and oxygen atoms in total. The predicted molar refractivity (Wildman–Crippen MR) is 116 cm³/mol. The fourth-order valence-corrected chi connectivity index (χ4v) is 7.24. The first-order valence-corrected chi connectivity index (χ1v) is 12.7.